The topological polar surface area (TPSA) is 86.1 Å². The van der Waals surface area contributed by atoms with Crippen molar-refractivity contribution in [2.45, 2.75) is 5.16 Å². The molecule has 0 bridgehead atoms. The summed E-state index contributed by atoms with van der Waals surface area (Å²) in [6.07, 6.45) is 1.54. The van der Waals surface area contributed by atoms with E-state index in [4.69, 9.17) is 16.3 Å². The number of fused-ring (bicyclic) bond motifs is 1. The molecule has 1 N–H and O–H groups in total. The highest BCUT2D eigenvalue weighted by Crippen LogP contribution is 2.24. The van der Waals surface area contributed by atoms with Crippen molar-refractivity contribution in [1.82, 2.24) is 14.5 Å². The quantitative estimate of drug-likeness (QED) is 0.334. The second-order valence-electron chi connectivity index (χ2n) is 6.57. The minimum Gasteiger partial charge on any atom is -0.497 e. The van der Waals surface area contributed by atoms with Gasteiger partial charge >= 0.3 is 0 Å². The van der Waals surface area contributed by atoms with Gasteiger partial charge in [-0.05, 0) is 42.5 Å². The van der Waals surface area contributed by atoms with E-state index in [1.54, 1.807) is 36.4 Å². The second-order valence-corrected chi connectivity index (χ2v) is 7.95. The van der Waals surface area contributed by atoms with Gasteiger partial charge in [-0.25, -0.2) is 14.4 Å². The fourth-order valence-corrected chi connectivity index (χ4v) is 3.94. The van der Waals surface area contributed by atoms with Gasteiger partial charge in [-0.15, -0.1) is 0 Å². The van der Waals surface area contributed by atoms with Crippen LogP contribution in [0.25, 0.3) is 16.7 Å². The number of nitrogens with one attached hydrogen (secondary N) is 1. The average Bonchev–Trinajstić information content (AvgIpc) is 2.79. The van der Waals surface area contributed by atoms with Gasteiger partial charge in [0.1, 0.15) is 11.6 Å². The lowest BCUT2D eigenvalue weighted by molar-refractivity contribution is -0.113. The Kier molecular flexibility index (Phi) is 6.38. The first-order valence-corrected chi connectivity index (χ1v) is 10.7. The fourth-order valence-electron chi connectivity index (χ4n) is 2.98. The highest BCUT2D eigenvalue weighted by atomic mass is 35.5. The second kappa shape index (κ2) is 9.37. The summed E-state index contributed by atoms with van der Waals surface area (Å²) in [6.45, 7) is 0. The van der Waals surface area contributed by atoms with Gasteiger partial charge in [0.15, 0.2) is 10.8 Å². The van der Waals surface area contributed by atoms with Crippen LogP contribution in [-0.2, 0) is 4.79 Å². The first kappa shape index (κ1) is 21.8. The summed E-state index contributed by atoms with van der Waals surface area (Å²) in [5, 5.41) is 3.32. The van der Waals surface area contributed by atoms with Crippen molar-refractivity contribution in [2.24, 2.45) is 0 Å². The van der Waals surface area contributed by atoms with E-state index in [2.05, 4.69) is 15.3 Å². The van der Waals surface area contributed by atoms with Crippen LogP contribution in [0, 0.1) is 5.82 Å². The van der Waals surface area contributed by atoms with E-state index in [0.29, 0.717) is 16.8 Å². The Morgan fingerprint density at radius 1 is 1.22 bits per heavy atom. The van der Waals surface area contributed by atoms with Crippen LogP contribution in [0.15, 0.2) is 70.7 Å². The van der Waals surface area contributed by atoms with E-state index in [-0.39, 0.29) is 32.8 Å². The third-order valence-electron chi connectivity index (χ3n) is 4.46. The first-order chi connectivity index (χ1) is 15.5. The summed E-state index contributed by atoms with van der Waals surface area (Å²) >= 11 is 6.77. The molecule has 7 nitrogen and oxygen atoms in total. The van der Waals surface area contributed by atoms with Crippen molar-refractivity contribution >= 4 is 46.0 Å². The molecule has 2 heterocycles. The predicted molar refractivity (Wildman–Crippen MR) is 122 cm³/mol. The number of anilines is 1. The van der Waals surface area contributed by atoms with Crippen molar-refractivity contribution in [3.8, 4) is 11.4 Å². The third kappa shape index (κ3) is 4.58. The van der Waals surface area contributed by atoms with E-state index in [1.807, 2.05) is 0 Å². The Morgan fingerprint density at radius 2 is 2.06 bits per heavy atom. The van der Waals surface area contributed by atoms with E-state index < -0.39 is 11.7 Å². The first-order valence-electron chi connectivity index (χ1n) is 9.36. The molecule has 162 valence electrons. The molecule has 0 atom stereocenters. The number of ether oxygens (including phenoxy) is 1. The van der Waals surface area contributed by atoms with Crippen LogP contribution >= 0.6 is 23.4 Å². The largest absolute Gasteiger partial charge is 0.497 e. The molecule has 0 saturated carbocycles. The molecular weight excluding hydrogens is 455 g/mol. The summed E-state index contributed by atoms with van der Waals surface area (Å²) in [5.74, 6) is -0.662. The van der Waals surface area contributed by atoms with Gasteiger partial charge < -0.3 is 10.1 Å². The minimum atomic E-state index is -0.642. The van der Waals surface area contributed by atoms with E-state index in [0.717, 1.165) is 17.8 Å². The molecule has 10 heteroatoms. The zero-order chi connectivity index (χ0) is 22.7. The number of pyridine rings is 1. The van der Waals surface area contributed by atoms with Crippen LogP contribution in [0.4, 0.5) is 10.1 Å². The minimum absolute atomic E-state index is 0.0123. The number of amides is 1. The SMILES string of the molecule is COc1cccc(-n2c(SCC(=O)Nc3ccc(Cl)cc3F)nc3ncccc3c2=O)c1. The van der Waals surface area contributed by atoms with Crippen molar-refractivity contribution in [2.75, 3.05) is 18.2 Å². The molecule has 1 amide bonds. The summed E-state index contributed by atoms with van der Waals surface area (Å²) in [4.78, 5) is 34.3. The van der Waals surface area contributed by atoms with Gasteiger partial charge in [0, 0.05) is 17.3 Å². The number of aromatic nitrogens is 3. The standard InChI is InChI=1S/C22H16ClFN4O3S/c1-31-15-5-2-4-14(11-15)28-21(30)16-6-3-9-25-20(16)27-22(28)32-12-19(29)26-18-8-7-13(23)10-17(18)24/h2-11H,12H2,1H3,(H,26,29). The lowest BCUT2D eigenvalue weighted by Gasteiger charge is -2.13. The number of rotatable bonds is 6. The molecule has 0 radical (unpaired) electrons. The molecule has 0 spiro atoms. The number of benzene rings is 2. The van der Waals surface area contributed by atoms with Gasteiger partial charge in [-0.3, -0.25) is 14.2 Å². The van der Waals surface area contributed by atoms with Crippen LogP contribution in [-0.4, -0.2) is 33.3 Å². The number of hydrogen-bond donors (Lipinski definition) is 1. The lowest BCUT2D eigenvalue weighted by Crippen LogP contribution is -2.23. The molecular formula is C22H16ClFN4O3S. The van der Waals surface area contributed by atoms with Crippen molar-refractivity contribution in [3.05, 3.63) is 82.0 Å². The number of nitrogens with zero attached hydrogens (tertiary/aromatic N) is 3. The molecule has 0 aliphatic rings. The Morgan fingerprint density at radius 3 is 2.84 bits per heavy atom. The lowest BCUT2D eigenvalue weighted by atomic mass is 10.3. The van der Waals surface area contributed by atoms with Gasteiger partial charge in [0.25, 0.3) is 5.56 Å². The fraction of sp³-hybridized carbons (Fsp3) is 0.0909. The molecule has 4 rings (SSSR count). The zero-order valence-corrected chi connectivity index (χ0v) is 18.3. The van der Waals surface area contributed by atoms with E-state index >= 15 is 0 Å². The highest BCUT2D eigenvalue weighted by molar-refractivity contribution is 7.99. The Balaban J connectivity index is 1.68. The molecule has 32 heavy (non-hydrogen) atoms. The molecule has 4 aromatic rings. The van der Waals surface area contributed by atoms with Gasteiger partial charge in [-0.1, -0.05) is 29.4 Å². The van der Waals surface area contributed by atoms with Crippen LogP contribution in [0.1, 0.15) is 0 Å². The molecule has 0 fully saturated rings. The number of hydrogen-bond acceptors (Lipinski definition) is 6. The summed E-state index contributed by atoms with van der Waals surface area (Å²) in [5.41, 5.74) is 0.476. The number of carbonyl (C=O) groups is 1. The van der Waals surface area contributed by atoms with Crippen LogP contribution in [0.5, 0.6) is 5.75 Å². The summed E-state index contributed by atoms with van der Waals surface area (Å²) in [6, 6.07) is 14.2. The molecule has 0 aliphatic carbocycles. The number of carbonyl (C=O) groups excluding carboxylic acids is 1. The van der Waals surface area contributed by atoms with Crippen LogP contribution < -0.4 is 15.6 Å². The number of methoxy groups -OCH3 is 1. The maximum absolute atomic E-state index is 14.0. The van der Waals surface area contributed by atoms with Gasteiger partial charge in [0.2, 0.25) is 5.91 Å². The molecule has 0 unspecified atom stereocenters. The van der Waals surface area contributed by atoms with E-state index in [1.165, 1.54) is 30.0 Å². The zero-order valence-electron chi connectivity index (χ0n) is 16.7. The summed E-state index contributed by atoms with van der Waals surface area (Å²) < 4.78 is 20.6. The van der Waals surface area contributed by atoms with Crippen molar-refractivity contribution in [1.29, 1.82) is 0 Å². The third-order valence-corrected chi connectivity index (χ3v) is 5.64. The Labute approximate surface area is 191 Å². The maximum atomic E-state index is 14.0. The number of thioether (sulfide) groups is 1. The molecule has 0 saturated heterocycles. The van der Waals surface area contributed by atoms with Crippen molar-refractivity contribution in [3.63, 3.8) is 0 Å². The average molecular weight is 471 g/mol. The molecule has 2 aromatic heterocycles. The maximum Gasteiger partial charge on any atom is 0.268 e. The van der Waals surface area contributed by atoms with Gasteiger partial charge in [-0.2, -0.15) is 0 Å². The van der Waals surface area contributed by atoms with E-state index in [9.17, 15) is 14.0 Å². The predicted octanol–water partition coefficient (Wildman–Crippen LogP) is 4.31. The van der Waals surface area contributed by atoms with Crippen LogP contribution in [0.3, 0.4) is 0 Å². The van der Waals surface area contributed by atoms with Crippen molar-refractivity contribution < 1.29 is 13.9 Å². The molecule has 2 aromatic carbocycles. The summed E-state index contributed by atoms with van der Waals surface area (Å²) in [7, 11) is 1.53. The number of halogens is 2. The molecule has 0 aliphatic heterocycles. The highest BCUT2D eigenvalue weighted by Gasteiger charge is 2.16. The normalized spacial score (nSPS) is 10.8. The van der Waals surface area contributed by atoms with Crippen LogP contribution in [0.2, 0.25) is 5.02 Å². The Bertz CT molecular complexity index is 1380. The van der Waals surface area contributed by atoms with Gasteiger partial charge in [0.05, 0.1) is 29.6 Å². The smallest absolute Gasteiger partial charge is 0.268 e. The Hall–Kier alpha value is -3.43. The monoisotopic (exact) mass is 470 g/mol.